The minimum atomic E-state index is -0.410. The smallest absolute Gasteiger partial charge is 0.407 e. The molecule has 4 heteroatoms. The van der Waals surface area contributed by atoms with Crippen molar-refractivity contribution in [2.75, 3.05) is 0 Å². The molecule has 1 N–H and O–H groups in total. The molecule has 18 heavy (non-hydrogen) atoms. The molecule has 3 nitrogen and oxygen atoms in total. The quantitative estimate of drug-likeness (QED) is 0.790. The van der Waals surface area contributed by atoms with Crippen LogP contribution < -0.4 is 5.32 Å². The Morgan fingerprint density at radius 2 is 1.89 bits per heavy atom. The van der Waals surface area contributed by atoms with Gasteiger partial charge in [-0.1, -0.05) is 22.9 Å². The second kappa shape index (κ2) is 6.78. The number of carbonyl (C=O) groups is 1. The first kappa shape index (κ1) is 15.8. The average molecular weight is 320 g/mol. The van der Waals surface area contributed by atoms with Crippen LogP contribution >= 0.6 is 15.9 Å². The van der Waals surface area contributed by atoms with Crippen LogP contribution in [0.3, 0.4) is 0 Å². The molecule has 0 radical (unpaired) electrons. The van der Waals surface area contributed by atoms with E-state index in [2.05, 4.69) is 28.2 Å². The first-order valence-electron chi connectivity index (χ1n) is 6.90. The van der Waals surface area contributed by atoms with Gasteiger partial charge >= 0.3 is 6.09 Å². The van der Waals surface area contributed by atoms with Crippen LogP contribution in [0.15, 0.2) is 0 Å². The molecule has 0 saturated heterocycles. The fourth-order valence-corrected chi connectivity index (χ4v) is 3.00. The summed E-state index contributed by atoms with van der Waals surface area (Å²) >= 11 is 3.61. The summed E-state index contributed by atoms with van der Waals surface area (Å²) in [5.74, 6) is 0.802. The molecule has 0 aromatic carbocycles. The molecule has 1 aliphatic carbocycles. The van der Waals surface area contributed by atoms with Gasteiger partial charge in [0.1, 0.15) is 5.60 Å². The van der Waals surface area contributed by atoms with Crippen molar-refractivity contribution in [3.05, 3.63) is 0 Å². The van der Waals surface area contributed by atoms with Gasteiger partial charge in [-0.2, -0.15) is 0 Å². The Labute approximate surface area is 119 Å². The van der Waals surface area contributed by atoms with Crippen LogP contribution in [-0.2, 0) is 4.74 Å². The number of alkyl halides is 1. The molecule has 1 amide bonds. The number of alkyl carbamates (subject to hydrolysis) is 1. The lowest BCUT2D eigenvalue weighted by molar-refractivity contribution is 0.0487. The molecule has 0 aromatic rings. The van der Waals surface area contributed by atoms with Crippen LogP contribution in [0.25, 0.3) is 0 Å². The van der Waals surface area contributed by atoms with Crippen molar-refractivity contribution in [1.82, 2.24) is 5.32 Å². The minimum Gasteiger partial charge on any atom is -0.444 e. The predicted octanol–water partition coefficient (Wildman–Crippen LogP) is 4.24. The van der Waals surface area contributed by atoms with Gasteiger partial charge in [-0.25, -0.2) is 4.79 Å². The summed E-state index contributed by atoms with van der Waals surface area (Å²) in [6.07, 6.45) is 5.51. The van der Waals surface area contributed by atoms with Gasteiger partial charge in [0, 0.05) is 10.9 Å². The summed E-state index contributed by atoms with van der Waals surface area (Å²) in [6, 6.07) is 0.293. The summed E-state index contributed by atoms with van der Waals surface area (Å²) < 4.78 is 5.27. The van der Waals surface area contributed by atoms with Crippen LogP contribution in [0.1, 0.15) is 59.8 Å². The number of amides is 1. The van der Waals surface area contributed by atoms with Crippen molar-refractivity contribution < 1.29 is 9.53 Å². The zero-order valence-electron chi connectivity index (χ0n) is 12.0. The van der Waals surface area contributed by atoms with Crippen molar-refractivity contribution in [1.29, 1.82) is 0 Å². The SMILES string of the molecule is CC(Br)CC1CCC(NC(=O)OC(C)(C)C)CC1. The number of nitrogens with one attached hydrogen (secondary N) is 1. The first-order chi connectivity index (χ1) is 8.26. The lowest BCUT2D eigenvalue weighted by atomic mass is 9.83. The van der Waals surface area contributed by atoms with E-state index in [0.29, 0.717) is 10.9 Å². The third-order valence-electron chi connectivity index (χ3n) is 3.23. The van der Waals surface area contributed by atoms with Crippen LogP contribution in [-0.4, -0.2) is 22.6 Å². The lowest BCUT2D eigenvalue weighted by Crippen LogP contribution is -2.41. The molecule has 0 bridgehead atoms. The molecule has 1 aliphatic rings. The van der Waals surface area contributed by atoms with Crippen LogP contribution in [0.2, 0.25) is 0 Å². The normalized spacial score (nSPS) is 26.5. The number of hydrogen-bond donors (Lipinski definition) is 1. The summed E-state index contributed by atoms with van der Waals surface area (Å²) in [5.41, 5.74) is -0.410. The predicted molar refractivity (Wildman–Crippen MR) is 78.1 cm³/mol. The highest BCUT2D eigenvalue weighted by atomic mass is 79.9. The van der Waals surface area contributed by atoms with Crippen LogP contribution in [0, 0.1) is 5.92 Å². The Morgan fingerprint density at radius 1 is 1.33 bits per heavy atom. The van der Waals surface area contributed by atoms with Gasteiger partial charge in [-0.15, -0.1) is 0 Å². The van der Waals surface area contributed by atoms with Gasteiger partial charge < -0.3 is 10.1 Å². The Balaban J connectivity index is 2.25. The van der Waals surface area contributed by atoms with E-state index in [1.54, 1.807) is 0 Å². The topological polar surface area (TPSA) is 38.3 Å². The molecule has 0 aromatic heterocycles. The Hall–Kier alpha value is -0.250. The van der Waals surface area contributed by atoms with E-state index in [9.17, 15) is 4.79 Å². The maximum atomic E-state index is 11.6. The van der Waals surface area contributed by atoms with E-state index in [4.69, 9.17) is 4.74 Å². The van der Waals surface area contributed by atoms with Crippen LogP contribution in [0.4, 0.5) is 4.79 Å². The monoisotopic (exact) mass is 319 g/mol. The van der Waals surface area contributed by atoms with Gasteiger partial charge in [0.25, 0.3) is 0 Å². The summed E-state index contributed by atoms with van der Waals surface area (Å²) in [5, 5.41) is 2.98. The molecule has 0 heterocycles. The molecule has 106 valence electrons. The van der Waals surface area contributed by atoms with E-state index in [0.717, 1.165) is 18.8 Å². The van der Waals surface area contributed by atoms with E-state index in [-0.39, 0.29) is 6.09 Å². The largest absolute Gasteiger partial charge is 0.444 e. The number of carbonyl (C=O) groups excluding carboxylic acids is 1. The number of hydrogen-bond acceptors (Lipinski definition) is 2. The Morgan fingerprint density at radius 3 is 2.33 bits per heavy atom. The van der Waals surface area contributed by atoms with Crippen molar-refractivity contribution >= 4 is 22.0 Å². The molecular weight excluding hydrogens is 294 g/mol. The van der Waals surface area contributed by atoms with Gasteiger partial charge in [-0.3, -0.25) is 0 Å². The van der Waals surface area contributed by atoms with E-state index < -0.39 is 5.60 Å². The standard InChI is InChI=1S/C14H26BrNO2/c1-10(15)9-11-5-7-12(8-6-11)16-13(17)18-14(2,3)4/h10-12H,5-9H2,1-4H3,(H,16,17). The number of rotatable bonds is 3. The zero-order chi connectivity index (χ0) is 13.8. The third kappa shape index (κ3) is 6.62. The van der Waals surface area contributed by atoms with E-state index in [1.807, 2.05) is 20.8 Å². The Kier molecular flexibility index (Phi) is 5.96. The fraction of sp³-hybridized carbons (Fsp3) is 0.929. The highest BCUT2D eigenvalue weighted by molar-refractivity contribution is 9.09. The molecule has 1 fully saturated rings. The van der Waals surface area contributed by atoms with Gasteiger partial charge in [-0.05, 0) is 58.8 Å². The van der Waals surface area contributed by atoms with E-state index >= 15 is 0 Å². The number of ether oxygens (including phenoxy) is 1. The van der Waals surface area contributed by atoms with E-state index in [1.165, 1.54) is 19.3 Å². The molecular formula is C14H26BrNO2. The second-order valence-electron chi connectivity index (χ2n) is 6.38. The average Bonchev–Trinajstić information content (AvgIpc) is 2.17. The van der Waals surface area contributed by atoms with Crippen molar-refractivity contribution in [2.24, 2.45) is 5.92 Å². The van der Waals surface area contributed by atoms with Gasteiger partial charge in [0.15, 0.2) is 0 Å². The lowest BCUT2D eigenvalue weighted by Gasteiger charge is -2.30. The first-order valence-corrected chi connectivity index (χ1v) is 7.81. The molecule has 0 spiro atoms. The third-order valence-corrected chi connectivity index (χ3v) is 3.60. The molecule has 1 atom stereocenters. The highest BCUT2D eigenvalue weighted by Gasteiger charge is 2.25. The maximum absolute atomic E-state index is 11.6. The second-order valence-corrected chi connectivity index (χ2v) is 7.94. The van der Waals surface area contributed by atoms with Crippen molar-refractivity contribution in [3.8, 4) is 0 Å². The van der Waals surface area contributed by atoms with Gasteiger partial charge in [0.2, 0.25) is 0 Å². The highest BCUT2D eigenvalue weighted by Crippen LogP contribution is 2.29. The fourth-order valence-electron chi connectivity index (χ4n) is 2.48. The van der Waals surface area contributed by atoms with Crippen molar-refractivity contribution in [2.45, 2.75) is 76.3 Å². The molecule has 0 aliphatic heterocycles. The maximum Gasteiger partial charge on any atom is 0.407 e. The van der Waals surface area contributed by atoms with Gasteiger partial charge in [0.05, 0.1) is 0 Å². The Bertz CT molecular complexity index is 265. The summed E-state index contributed by atoms with van der Waals surface area (Å²) in [7, 11) is 0. The molecule has 1 saturated carbocycles. The summed E-state index contributed by atoms with van der Waals surface area (Å²) in [4.78, 5) is 12.2. The zero-order valence-corrected chi connectivity index (χ0v) is 13.5. The van der Waals surface area contributed by atoms with Crippen LogP contribution in [0.5, 0.6) is 0 Å². The molecule has 1 rings (SSSR count). The van der Waals surface area contributed by atoms with Crippen molar-refractivity contribution in [3.63, 3.8) is 0 Å². The summed E-state index contributed by atoms with van der Waals surface area (Å²) in [6.45, 7) is 7.87. The number of halogens is 1. The minimum absolute atomic E-state index is 0.278. The molecule has 1 unspecified atom stereocenters.